The van der Waals surface area contributed by atoms with Crippen molar-refractivity contribution in [3.05, 3.63) is 53.8 Å². The molecule has 0 atom stereocenters. The molecular formula is C15H21NO2. The Balaban J connectivity index is 2.65. The van der Waals surface area contributed by atoms with E-state index in [9.17, 15) is 0 Å². The SMILES string of the molecule is C=C/C=C(\C=C/C)CCc1nc(CCO)c(C)o1. The minimum atomic E-state index is 0.104. The van der Waals surface area contributed by atoms with Gasteiger partial charge in [0.25, 0.3) is 0 Å². The fraction of sp³-hybridized carbons (Fsp3) is 0.400. The van der Waals surface area contributed by atoms with Gasteiger partial charge in [0, 0.05) is 19.4 Å². The van der Waals surface area contributed by atoms with Crippen molar-refractivity contribution < 1.29 is 9.52 Å². The molecule has 0 aromatic carbocycles. The van der Waals surface area contributed by atoms with Crippen LogP contribution in [0.3, 0.4) is 0 Å². The van der Waals surface area contributed by atoms with Gasteiger partial charge in [0.1, 0.15) is 5.76 Å². The van der Waals surface area contributed by atoms with Crippen LogP contribution in [0.4, 0.5) is 0 Å². The van der Waals surface area contributed by atoms with Crippen LogP contribution in [-0.4, -0.2) is 16.7 Å². The Labute approximate surface area is 109 Å². The average Bonchev–Trinajstić information content (AvgIpc) is 2.68. The molecule has 3 heteroatoms. The molecule has 0 saturated heterocycles. The Morgan fingerprint density at radius 2 is 2.22 bits per heavy atom. The quantitative estimate of drug-likeness (QED) is 0.753. The molecule has 3 nitrogen and oxygen atoms in total. The van der Waals surface area contributed by atoms with Crippen molar-refractivity contribution in [3.63, 3.8) is 0 Å². The Bertz CT molecular complexity index is 441. The molecule has 1 rings (SSSR count). The molecule has 0 saturated carbocycles. The molecule has 1 heterocycles. The smallest absolute Gasteiger partial charge is 0.194 e. The standard InChI is InChI=1S/C15H21NO2/c1-4-6-13(7-5-2)8-9-15-16-14(10-11-17)12(3)18-15/h4-7,17H,1,8-11H2,2-3H3/b7-5-,13-6+. The summed E-state index contributed by atoms with van der Waals surface area (Å²) in [5.41, 5.74) is 2.06. The van der Waals surface area contributed by atoms with Crippen molar-refractivity contribution in [2.75, 3.05) is 6.61 Å². The lowest BCUT2D eigenvalue weighted by Crippen LogP contribution is -1.94. The molecule has 0 fully saturated rings. The zero-order valence-electron chi connectivity index (χ0n) is 11.1. The van der Waals surface area contributed by atoms with Gasteiger partial charge in [0.05, 0.1) is 5.69 Å². The van der Waals surface area contributed by atoms with Gasteiger partial charge in [-0.1, -0.05) is 30.9 Å². The van der Waals surface area contributed by atoms with Crippen LogP contribution < -0.4 is 0 Å². The summed E-state index contributed by atoms with van der Waals surface area (Å²) in [6, 6.07) is 0. The first-order chi connectivity index (χ1) is 8.71. The monoisotopic (exact) mass is 247 g/mol. The Kier molecular flexibility index (Phi) is 6.15. The molecule has 1 N–H and O–H groups in total. The molecule has 1 aromatic heterocycles. The third-order valence-corrected chi connectivity index (χ3v) is 2.63. The highest BCUT2D eigenvalue weighted by Crippen LogP contribution is 2.15. The maximum Gasteiger partial charge on any atom is 0.194 e. The lowest BCUT2D eigenvalue weighted by molar-refractivity contribution is 0.297. The van der Waals surface area contributed by atoms with Gasteiger partial charge in [-0.25, -0.2) is 4.98 Å². The van der Waals surface area contributed by atoms with Crippen molar-refractivity contribution in [1.29, 1.82) is 0 Å². The molecule has 0 aliphatic carbocycles. The third kappa shape index (κ3) is 4.34. The first kappa shape index (κ1) is 14.5. The van der Waals surface area contributed by atoms with Gasteiger partial charge in [-0.3, -0.25) is 0 Å². The van der Waals surface area contributed by atoms with E-state index in [-0.39, 0.29) is 6.61 Å². The van der Waals surface area contributed by atoms with Crippen LogP contribution in [0, 0.1) is 6.92 Å². The maximum absolute atomic E-state index is 8.90. The molecule has 0 aliphatic rings. The largest absolute Gasteiger partial charge is 0.446 e. The first-order valence-corrected chi connectivity index (χ1v) is 6.21. The molecule has 0 amide bonds. The molecule has 0 bridgehead atoms. The van der Waals surface area contributed by atoms with Crippen LogP contribution in [0.15, 0.2) is 40.9 Å². The summed E-state index contributed by atoms with van der Waals surface area (Å²) in [6.07, 6.45) is 10.0. The van der Waals surface area contributed by atoms with Crippen LogP contribution >= 0.6 is 0 Å². The van der Waals surface area contributed by atoms with Gasteiger partial charge in [0.15, 0.2) is 5.89 Å². The highest BCUT2D eigenvalue weighted by Gasteiger charge is 2.08. The summed E-state index contributed by atoms with van der Waals surface area (Å²) < 4.78 is 5.57. The van der Waals surface area contributed by atoms with Crippen molar-refractivity contribution in [2.45, 2.75) is 33.1 Å². The van der Waals surface area contributed by atoms with Crippen LogP contribution in [0.1, 0.15) is 30.7 Å². The van der Waals surface area contributed by atoms with Crippen molar-refractivity contribution in [1.82, 2.24) is 4.98 Å². The fourth-order valence-corrected chi connectivity index (χ4v) is 1.77. The maximum atomic E-state index is 8.90. The predicted molar refractivity (Wildman–Crippen MR) is 73.4 cm³/mol. The average molecular weight is 247 g/mol. The second-order valence-electron chi connectivity index (χ2n) is 4.06. The minimum absolute atomic E-state index is 0.104. The number of rotatable bonds is 7. The second kappa shape index (κ2) is 7.67. The first-order valence-electron chi connectivity index (χ1n) is 6.21. The molecule has 1 aromatic rings. The van der Waals surface area contributed by atoms with Gasteiger partial charge in [-0.05, 0) is 25.8 Å². The van der Waals surface area contributed by atoms with E-state index < -0.39 is 0 Å². The number of aliphatic hydroxyl groups is 1. The number of hydrogen-bond acceptors (Lipinski definition) is 3. The van der Waals surface area contributed by atoms with Crippen LogP contribution in [0.5, 0.6) is 0 Å². The molecule has 0 radical (unpaired) electrons. The molecular weight excluding hydrogens is 226 g/mol. The summed E-state index contributed by atoms with van der Waals surface area (Å²) >= 11 is 0. The lowest BCUT2D eigenvalue weighted by Gasteiger charge is -1.98. The number of hydrogen-bond donors (Lipinski definition) is 1. The predicted octanol–water partition coefficient (Wildman–Crippen LogP) is 3.14. The Morgan fingerprint density at radius 3 is 2.83 bits per heavy atom. The summed E-state index contributed by atoms with van der Waals surface area (Å²) in [5.74, 6) is 1.54. The topological polar surface area (TPSA) is 46.3 Å². The highest BCUT2D eigenvalue weighted by molar-refractivity contribution is 5.23. The zero-order valence-corrected chi connectivity index (χ0v) is 11.1. The highest BCUT2D eigenvalue weighted by atomic mass is 16.4. The molecule has 0 spiro atoms. The van der Waals surface area contributed by atoms with Gasteiger partial charge < -0.3 is 9.52 Å². The number of aryl methyl sites for hydroxylation is 2. The Hall–Kier alpha value is -1.61. The van der Waals surface area contributed by atoms with Crippen molar-refractivity contribution in [3.8, 4) is 0 Å². The van der Waals surface area contributed by atoms with E-state index in [0.717, 1.165) is 30.2 Å². The number of aliphatic hydroxyl groups excluding tert-OH is 1. The number of oxazole rings is 1. The van der Waals surface area contributed by atoms with Crippen LogP contribution in [0.2, 0.25) is 0 Å². The summed E-state index contributed by atoms with van der Waals surface area (Å²) in [4.78, 5) is 4.39. The van der Waals surface area contributed by atoms with Crippen LogP contribution in [0.25, 0.3) is 0 Å². The third-order valence-electron chi connectivity index (χ3n) is 2.63. The zero-order chi connectivity index (χ0) is 13.4. The molecule has 18 heavy (non-hydrogen) atoms. The van der Waals surface area contributed by atoms with E-state index in [1.807, 2.05) is 26.0 Å². The van der Waals surface area contributed by atoms with Crippen molar-refractivity contribution >= 4 is 0 Å². The second-order valence-corrected chi connectivity index (χ2v) is 4.06. The van der Waals surface area contributed by atoms with E-state index in [4.69, 9.17) is 9.52 Å². The number of aromatic nitrogens is 1. The lowest BCUT2D eigenvalue weighted by atomic mass is 10.1. The van der Waals surface area contributed by atoms with E-state index in [1.54, 1.807) is 6.08 Å². The van der Waals surface area contributed by atoms with Gasteiger partial charge in [-0.2, -0.15) is 0 Å². The Morgan fingerprint density at radius 1 is 1.44 bits per heavy atom. The molecule has 0 aliphatic heterocycles. The summed E-state index contributed by atoms with van der Waals surface area (Å²) in [5, 5.41) is 8.90. The normalized spacial score (nSPS) is 12.3. The summed E-state index contributed by atoms with van der Waals surface area (Å²) in [6.45, 7) is 7.68. The minimum Gasteiger partial charge on any atom is -0.446 e. The van der Waals surface area contributed by atoms with E-state index in [0.29, 0.717) is 6.42 Å². The fourth-order valence-electron chi connectivity index (χ4n) is 1.77. The van der Waals surface area contributed by atoms with Gasteiger partial charge in [-0.15, -0.1) is 0 Å². The van der Waals surface area contributed by atoms with Crippen molar-refractivity contribution in [2.24, 2.45) is 0 Å². The van der Waals surface area contributed by atoms with Gasteiger partial charge >= 0.3 is 0 Å². The van der Waals surface area contributed by atoms with E-state index in [2.05, 4.69) is 17.6 Å². The molecule has 98 valence electrons. The number of allylic oxidation sites excluding steroid dienone is 5. The van der Waals surface area contributed by atoms with Gasteiger partial charge in [0.2, 0.25) is 0 Å². The molecule has 0 unspecified atom stereocenters. The van der Waals surface area contributed by atoms with E-state index >= 15 is 0 Å². The van der Waals surface area contributed by atoms with Crippen LogP contribution in [-0.2, 0) is 12.8 Å². The van der Waals surface area contributed by atoms with E-state index in [1.165, 1.54) is 5.57 Å². The number of nitrogens with zero attached hydrogens (tertiary/aromatic N) is 1. The summed E-state index contributed by atoms with van der Waals surface area (Å²) in [7, 11) is 0.